The molecule has 2 atom stereocenters. The number of hydrogen-bond donors (Lipinski definition) is 1. The van der Waals surface area contributed by atoms with Crippen molar-refractivity contribution in [3.8, 4) is 0 Å². The van der Waals surface area contributed by atoms with Crippen LogP contribution in [0.5, 0.6) is 0 Å². The van der Waals surface area contributed by atoms with Crippen LogP contribution in [-0.2, 0) is 9.59 Å². The van der Waals surface area contributed by atoms with Crippen molar-refractivity contribution in [1.29, 1.82) is 0 Å². The number of hydrogen-bond acceptors (Lipinski definition) is 2. The van der Waals surface area contributed by atoms with Crippen LogP contribution in [0.25, 0.3) is 0 Å². The maximum absolute atomic E-state index is 12.1. The van der Waals surface area contributed by atoms with E-state index in [1.54, 1.807) is 4.90 Å². The van der Waals surface area contributed by atoms with Crippen LogP contribution >= 0.6 is 0 Å². The SMILES string of the molecule is CCN1C(=O)CCC(C(=O)O)C1c1cccc(C2CC2)c1. The molecule has 112 valence electrons. The summed E-state index contributed by atoms with van der Waals surface area (Å²) in [5.41, 5.74) is 2.26. The number of carbonyl (C=O) groups is 2. The minimum absolute atomic E-state index is 0.0665. The lowest BCUT2D eigenvalue weighted by atomic mass is 9.83. The Balaban J connectivity index is 1.98. The van der Waals surface area contributed by atoms with Crippen LogP contribution in [0.2, 0.25) is 0 Å². The smallest absolute Gasteiger partial charge is 0.308 e. The highest BCUT2D eigenvalue weighted by Gasteiger charge is 2.40. The normalized spacial score (nSPS) is 26.0. The van der Waals surface area contributed by atoms with Crippen molar-refractivity contribution in [2.45, 2.75) is 44.6 Å². The standard InChI is InChI=1S/C17H21NO3/c1-2-18-15(19)9-8-14(17(20)21)16(18)13-5-3-4-12(10-13)11-6-7-11/h3-5,10-11,14,16H,2,6-9H2,1H3,(H,20,21). The van der Waals surface area contributed by atoms with Gasteiger partial charge in [0.15, 0.2) is 0 Å². The van der Waals surface area contributed by atoms with Gasteiger partial charge >= 0.3 is 5.97 Å². The van der Waals surface area contributed by atoms with E-state index in [1.807, 2.05) is 19.1 Å². The third-order valence-corrected chi connectivity index (χ3v) is 4.67. The van der Waals surface area contributed by atoms with Crippen molar-refractivity contribution in [2.24, 2.45) is 5.92 Å². The summed E-state index contributed by atoms with van der Waals surface area (Å²) in [5.74, 6) is -0.612. The maximum atomic E-state index is 12.1. The summed E-state index contributed by atoms with van der Waals surface area (Å²) >= 11 is 0. The summed E-state index contributed by atoms with van der Waals surface area (Å²) in [6, 6.07) is 7.85. The molecular formula is C17H21NO3. The van der Waals surface area contributed by atoms with Crippen molar-refractivity contribution in [2.75, 3.05) is 6.54 Å². The zero-order chi connectivity index (χ0) is 15.0. The Kier molecular flexibility index (Phi) is 3.70. The molecule has 1 aliphatic heterocycles. The highest BCUT2D eigenvalue weighted by Crippen LogP contribution is 2.42. The molecule has 2 aliphatic rings. The molecule has 1 N–H and O–H groups in total. The molecule has 4 nitrogen and oxygen atoms in total. The van der Waals surface area contributed by atoms with Crippen molar-refractivity contribution in [1.82, 2.24) is 4.90 Å². The van der Waals surface area contributed by atoms with Crippen LogP contribution in [0.15, 0.2) is 24.3 Å². The predicted octanol–water partition coefficient (Wildman–Crippen LogP) is 2.95. The quantitative estimate of drug-likeness (QED) is 0.926. The number of likely N-dealkylation sites (tertiary alicyclic amines) is 1. The molecule has 0 spiro atoms. The molecule has 21 heavy (non-hydrogen) atoms. The number of carboxylic acid groups (broad SMARTS) is 1. The van der Waals surface area contributed by atoms with Crippen LogP contribution < -0.4 is 0 Å². The van der Waals surface area contributed by atoms with E-state index < -0.39 is 11.9 Å². The molecule has 1 amide bonds. The number of rotatable bonds is 4. The van der Waals surface area contributed by atoms with Crippen LogP contribution in [0.4, 0.5) is 0 Å². The first kappa shape index (κ1) is 14.1. The molecule has 1 saturated heterocycles. The van der Waals surface area contributed by atoms with Crippen molar-refractivity contribution in [3.05, 3.63) is 35.4 Å². The summed E-state index contributed by atoms with van der Waals surface area (Å²) < 4.78 is 0. The third-order valence-electron chi connectivity index (χ3n) is 4.67. The second-order valence-corrected chi connectivity index (χ2v) is 6.05. The van der Waals surface area contributed by atoms with Gasteiger partial charge in [-0.3, -0.25) is 9.59 Å². The van der Waals surface area contributed by atoms with Crippen LogP contribution in [0, 0.1) is 5.92 Å². The second-order valence-electron chi connectivity index (χ2n) is 6.05. The zero-order valence-electron chi connectivity index (χ0n) is 12.3. The van der Waals surface area contributed by atoms with Crippen molar-refractivity contribution in [3.63, 3.8) is 0 Å². The van der Waals surface area contributed by atoms with Crippen molar-refractivity contribution < 1.29 is 14.7 Å². The van der Waals surface area contributed by atoms with Gasteiger partial charge in [0.2, 0.25) is 5.91 Å². The van der Waals surface area contributed by atoms with Crippen LogP contribution in [0.1, 0.15) is 55.7 Å². The predicted molar refractivity (Wildman–Crippen MR) is 78.9 cm³/mol. The van der Waals surface area contributed by atoms with Gasteiger partial charge in [-0.2, -0.15) is 0 Å². The fraction of sp³-hybridized carbons (Fsp3) is 0.529. The Bertz CT molecular complexity index is 563. The highest BCUT2D eigenvalue weighted by molar-refractivity contribution is 5.81. The number of carboxylic acids is 1. The average molecular weight is 287 g/mol. The van der Waals surface area contributed by atoms with Gasteiger partial charge in [0, 0.05) is 13.0 Å². The number of carbonyl (C=O) groups excluding carboxylic acids is 1. The van der Waals surface area contributed by atoms with Gasteiger partial charge in [-0.05, 0) is 43.2 Å². The lowest BCUT2D eigenvalue weighted by molar-refractivity contribution is -0.151. The van der Waals surface area contributed by atoms with Crippen molar-refractivity contribution >= 4 is 11.9 Å². The fourth-order valence-corrected chi connectivity index (χ4v) is 3.41. The zero-order valence-corrected chi connectivity index (χ0v) is 12.3. The molecular weight excluding hydrogens is 266 g/mol. The summed E-state index contributed by atoms with van der Waals surface area (Å²) in [4.78, 5) is 25.5. The number of piperidine rings is 1. The molecule has 2 fully saturated rings. The molecule has 4 heteroatoms. The minimum atomic E-state index is -0.803. The lowest BCUT2D eigenvalue weighted by Crippen LogP contribution is -2.45. The summed E-state index contributed by atoms with van der Waals surface area (Å²) in [6.45, 7) is 2.47. The van der Waals surface area contributed by atoms with E-state index in [-0.39, 0.29) is 11.9 Å². The van der Waals surface area contributed by atoms with E-state index in [1.165, 1.54) is 18.4 Å². The van der Waals surface area contributed by atoms with Gasteiger partial charge in [0.05, 0.1) is 12.0 Å². The molecule has 1 aliphatic carbocycles. The maximum Gasteiger partial charge on any atom is 0.308 e. The highest BCUT2D eigenvalue weighted by atomic mass is 16.4. The Hall–Kier alpha value is -1.84. The van der Waals surface area contributed by atoms with Crippen LogP contribution in [0.3, 0.4) is 0 Å². The summed E-state index contributed by atoms with van der Waals surface area (Å²) in [6.07, 6.45) is 3.20. The topological polar surface area (TPSA) is 57.6 Å². The van der Waals surface area contributed by atoms with E-state index in [0.717, 1.165) is 5.56 Å². The molecule has 2 unspecified atom stereocenters. The van der Waals surface area contributed by atoms with E-state index in [0.29, 0.717) is 25.3 Å². The molecule has 0 aromatic heterocycles. The van der Waals surface area contributed by atoms with E-state index in [2.05, 4.69) is 12.1 Å². The largest absolute Gasteiger partial charge is 0.481 e. The Morgan fingerprint density at radius 1 is 1.29 bits per heavy atom. The minimum Gasteiger partial charge on any atom is -0.481 e. The Morgan fingerprint density at radius 3 is 2.62 bits per heavy atom. The second kappa shape index (κ2) is 5.51. The van der Waals surface area contributed by atoms with Gasteiger partial charge in [-0.25, -0.2) is 0 Å². The molecule has 1 saturated carbocycles. The number of aliphatic carboxylic acids is 1. The Morgan fingerprint density at radius 2 is 2.00 bits per heavy atom. The molecule has 0 radical (unpaired) electrons. The molecule has 3 rings (SSSR count). The Labute approximate surface area is 124 Å². The van der Waals surface area contributed by atoms with Gasteiger partial charge in [0.25, 0.3) is 0 Å². The van der Waals surface area contributed by atoms with E-state index in [4.69, 9.17) is 0 Å². The lowest BCUT2D eigenvalue weighted by Gasteiger charge is -2.39. The van der Waals surface area contributed by atoms with Gasteiger partial charge in [-0.15, -0.1) is 0 Å². The molecule has 0 bridgehead atoms. The van der Waals surface area contributed by atoms with Gasteiger partial charge in [-0.1, -0.05) is 24.3 Å². The average Bonchev–Trinajstić information content (AvgIpc) is 3.31. The third kappa shape index (κ3) is 2.67. The van der Waals surface area contributed by atoms with Crippen LogP contribution in [-0.4, -0.2) is 28.4 Å². The molecule has 1 aromatic rings. The summed E-state index contributed by atoms with van der Waals surface area (Å²) in [7, 11) is 0. The number of amides is 1. The first-order valence-corrected chi connectivity index (χ1v) is 7.74. The van der Waals surface area contributed by atoms with Gasteiger partial charge < -0.3 is 10.0 Å². The fourth-order valence-electron chi connectivity index (χ4n) is 3.41. The monoisotopic (exact) mass is 287 g/mol. The van der Waals surface area contributed by atoms with Gasteiger partial charge in [0.1, 0.15) is 0 Å². The summed E-state index contributed by atoms with van der Waals surface area (Å²) in [5, 5.41) is 9.52. The number of nitrogens with zero attached hydrogens (tertiary/aromatic N) is 1. The van der Waals surface area contributed by atoms with E-state index >= 15 is 0 Å². The first-order chi connectivity index (χ1) is 10.1. The molecule has 1 heterocycles. The number of benzene rings is 1. The molecule has 1 aromatic carbocycles. The van der Waals surface area contributed by atoms with E-state index in [9.17, 15) is 14.7 Å². The first-order valence-electron chi connectivity index (χ1n) is 7.74.